The maximum Gasteiger partial charge on any atom is 0.165 e. The Bertz CT molecular complexity index is 390. The van der Waals surface area contributed by atoms with Crippen LogP contribution in [0.15, 0.2) is 24.3 Å². The Hall–Kier alpha value is -0.820. The van der Waals surface area contributed by atoms with Gasteiger partial charge in [-0.2, -0.15) is 0 Å². The van der Waals surface area contributed by atoms with Crippen LogP contribution in [0.25, 0.3) is 0 Å². The fourth-order valence-electron chi connectivity index (χ4n) is 1.71. The molecule has 1 nitrogen and oxygen atoms in total. The van der Waals surface area contributed by atoms with Gasteiger partial charge in [0.05, 0.1) is 0 Å². The highest BCUT2D eigenvalue weighted by molar-refractivity contribution is 6.31. The Morgan fingerprint density at radius 2 is 2.00 bits per heavy atom. The fourth-order valence-corrected chi connectivity index (χ4v) is 1.90. The number of ketones is 1. The molecule has 0 fully saturated rings. The number of hydrogen-bond acceptors (Lipinski definition) is 1. The molecule has 0 aliphatic carbocycles. The van der Waals surface area contributed by atoms with Gasteiger partial charge in [-0.25, -0.2) is 0 Å². The molecule has 0 aliphatic rings. The van der Waals surface area contributed by atoms with Gasteiger partial charge in [0, 0.05) is 16.5 Å². The van der Waals surface area contributed by atoms with Crippen molar-refractivity contribution in [2.75, 3.05) is 0 Å². The molecule has 2 heteroatoms. The number of hydrogen-bond donors (Lipinski definition) is 0. The molecule has 0 amide bonds. The first-order valence-corrected chi connectivity index (χ1v) is 6.47. The summed E-state index contributed by atoms with van der Waals surface area (Å²) in [6, 6.07) is 7.20. The zero-order valence-electron chi connectivity index (χ0n) is 11.1. The Balaban J connectivity index is 2.64. The van der Waals surface area contributed by atoms with Crippen LogP contribution in [0.3, 0.4) is 0 Å². The highest BCUT2D eigenvalue weighted by Crippen LogP contribution is 2.25. The summed E-state index contributed by atoms with van der Waals surface area (Å²) in [5.41, 5.74) is 1.00. The van der Waals surface area contributed by atoms with Crippen LogP contribution in [0.1, 0.15) is 50.9 Å². The second-order valence-electron chi connectivity index (χ2n) is 5.87. The van der Waals surface area contributed by atoms with Crippen molar-refractivity contribution in [3.05, 3.63) is 34.9 Å². The Labute approximate surface area is 109 Å². The molecule has 0 unspecified atom stereocenters. The van der Waals surface area contributed by atoms with Crippen LogP contribution in [0.5, 0.6) is 0 Å². The maximum absolute atomic E-state index is 12.2. The van der Waals surface area contributed by atoms with Crippen LogP contribution in [-0.4, -0.2) is 5.78 Å². The SMILES string of the molecule is C[C@H](CCC(C)(C)C)C(=O)c1cccc(Cl)c1. The first kappa shape index (κ1) is 14.2. The smallest absolute Gasteiger partial charge is 0.165 e. The van der Waals surface area contributed by atoms with Crippen LogP contribution in [0, 0.1) is 11.3 Å². The van der Waals surface area contributed by atoms with Crippen molar-refractivity contribution >= 4 is 17.4 Å². The van der Waals surface area contributed by atoms with Crippen LogP contribution in [0.2, 0.25) is 5.02 Å². The van der Waals surface area contributed by atoms with Gasteiger partial charge in [-0.05, 0) is 30.4 Å². The van der Waals surface area contributed by atoms with Crippen molar-refractivity contribution in [3.63, 3.8) is 0 Å². The third-order valence-electron chi connectivity index (χ3n) is 2.88. The normalized spacial score (nSPS) is 13.5. The van der Waals surface area contributed by atoms with Crippen LogP contribution in [-0.2, 0) is 0 Å². The van der Waals surface area contributed by atoms with E-state index in [9.17, 15) is 4.79 Å². The molecule has 0 radical (unpaired) electrons. The Morgan fingerprint density at radius 3 is 2.53 bits per heavy atom. The van der Waals surface area contributed by atoms with E-state index in [4.69, 9.17) is 11.6 Å². The molecule has 17 heavy (non-hydrogen) atoms. The van der Waals surface area contributed by atoms with E-state index in [0.29, 0.717) is 5.02 Å². The van der Waals surface area contributed by atoms with Crippen LogP contribution >= 0.6 is 11.6 Å². The predicted molar refractivity (Wildman–Crippen MR) is 73.6 cm³/mol. The summed E-state index contributed by atoms with van der Waals surface area (Å²) in [6.45, 7) is 8.59. The molecule has 0 saturated heterocycles. The van der Waals surface area contributed by atoms with Gasteiger partial charge in [0.25, 0.3) is 0 Å². The summed E-state index contributed by atoms with van der Waals surface area (Å²) in [5, 5.41) is 0.624. The first-order valence-electron chi connectivity index (χ1n) is 6.09. The second kappa shape index (κ2) is 5.68. The van der Waals surface area contributed by atoms with Gasteiger partial charge in [-0.3, -0.25) is 4.79 Å². The highest BCUT2D eigenvalue weighted by Gasteiger charge is 2.18. The molecular formula is C15H21ClO. The summed E-state index contributed by atoms with van der Waals surface area (Å²) in [4.78, 5) is 12.2. The molecule has 0 N–H and O–H groups in total. The molecule has 0 aliphatic heterocycles. The molecule has 0 spiro atoms. The Morgan fingerprint density at radius 1 is 1.35 bits per heavy atom. The molecule has 1 atom stereocenters. The molecule has 0 heterocycles. The standard InChI is InChI=1S/C15H21ClO/c1-11(8-9-15(2,3)4)14(17)12-6-5-7-13(16)10-12/h5-7,10-11H,8-9H2,1-4H3/t11-/m1/s1. The van der Waals surface area contributed by atoms with Gasteiger partial charge in [0.2, 0.25) is 0 Å². The van der Waals surface area contributed by atoms with Crippen LogP contribution < -0.4 is 0 Å². The third-order valence-corrected chi connectivity index (χ3v) is 3.12. The number of carbonyl (C=O) groups excluding carboxylic acids is 1. The van der Waals surface area contributed by atoms with Gasteiger partial charge in [0.15, 0.2) is 5.78 Å². The Kier molecular flexibility index (Phi) is 4.76. The molecule has 1 rings (SSSR count). The second-order valence-corrected chi connectivity index (χ2v) is 6.31. The van der Waals surface area contributed by atoms with Gasteiger partial charge in [-0.1, -0.05) is 51.4 Å². The zero-order chi connectivity index (χ0) is 13.1. The van der Waals surface area contributed by atoms with E-state index in [1.54, 1.807) is 12.1 Å². The molecule has 1 aromatic carbocycles. The monoisotopic (exact) mass is 252 g/mol. The zero-order valence-corrected chi connectivity index (χ0v) is 11.8. The minimum absolute atomic E-state index is 0.0627. The van der Waals surface area contributed by atoms with Crippen molar-refractivity contribution in [2.45, 2.75) is 40.5 Å². The van der Waals surface area contributed by atoms with Gasteiger partial charge >= 0.3 is 0 Å². The maximum atomic E-state index is 12.2. The minimum atomic E-state index is 0.0627. The average Bonchev–Trinajstić information content (AvgIpc) is 2.24. The number of Topliss-reactive ketones (excluding diaryl/α,β-unsaturated/α-hetero) is 1. The van der Waals surface area contributed by atoms with E-state index in [0.717, 1.165) is 18.4 Å². The average molecular weight is 253 g/mol. The van der Waals surface area contributed by atoms with Gasteiger partial charge in [0.1, 0.15) is 0 Å². The van der Waals surface area contributed by atoms with Crippen molar-refractivity contribution in [3.8, 4) is 0 Å². The van der Waals surface area contributed by atoms with E-state index in [1.165, 1.54) is 0 Å². The third kappa shape index (κ3) is 4.91. The summed E-state index contributed by atoms with van der Waals surface area (Å²) in [7, 11) is 0. The van der Waals surface area contributed by atoms with E-state index in [-0.39, 0.29) is 17.1 Å². The van der Waals surface area contributed by atoms with Crippen molar-refractivity contribution < 1.29 is 4.79 Å². The number of rotatable bonds is 4. The fraction of sp³-hybridized carbons (Fsp3) is 0.533. The summed E-state index contributed by atoms with van der Waals surface area (Å²) >= 11 is 5.89. The largest absolute Gasteiger partial charge is 0.294 e. The lowest BCUT2D eigenvalue weighted by Crippen LogP contribution is -2.15. The highest BCUT2D eigenvalue weighted by atomic mass is 35.5. The van der Waals surface area contributed by atoms with Crippen molar-refractivity contribution in [2.24, 2.45) is 11.3 Å². The molecular weight excluding hydrogens is 232 g/mol. The quantitative estimate of drug-likeness (QED) is 0.691. The van der Waals surface area contributed by atoms with Crippen molar-refractivity contribution in [1.82, 2.24) is 0 Å². The number of carbonyl (C=O) groups is 1. The predicted octanol–water partition coefficient (Wildman–Crippen LogP) is 4.99. The topological polar surface area (TPSA) is 17.1 Å². The lowest BCUT2D eigenvalue weighted by molar-refractivity contribution is 0.0916. The molecule has 94 valence electrons. The van der Waals surface area contributed by atoms with Gasteiger partial charge in [-0.15, -0.1) is 0 Å². The number of halogens is 1. The number of benzene rings is 1. The molecule has 0 aromatic heterocycles. The summed E-state index contributed by atoms with van der Waals surface area (Å²) in [5.74, 6) is 0.254. The van der Waals surface area contributed by atoms with E-state index in [1.807, 2.05) is 19.1 Å². The minimum Gasteiger partial charge on any atom is -0.294 e. The van der Waals surface area contributed by atoms with E-state index in [2.05, 4.69) is 20.8 Å². The lowest BCUT2D eigenvalue weighted by Gasteiger charge is -2.20. The molecule has 0 saturated carbocycles. The van der Waals surface area contributed by atoms with Crippen LogP contribution in [0.4, 0.5) is 0 Å². The van der Waals surface area contributed by atoms with E-state index >= 15 is 0 Å². The molecule has 1 aromatic rings. The summed E-state index contributed by atoms with van der Waals surface area (Å²) < 4.78 is 0. The van der Waals surface area contributed by atoms with Gasteiger partial charge < -0.3 is 0 Å². The van der Waals surface area contributed by atoms with Crippen molar-refractivity contribution in [1.29, 1.82) is 0 Å². The summed E-state index contributed by atoms with van der Waals surface area (Å²) in [6.07, 6.45) is 1.98. The first-order chi connectivity index (χ1) is 7.79. The molecule has 0 bridgehead atoms. The van der Waals surface area contributed by atoms with E-state index < -0.39 is 0 Å². The lowest BCUT2D eigenvalue weighted by atomic mass is 9.85.